The van der Waals surface area contributed by atoms with Crippen LogP contribution >= 0.6 is 0 Å². The second kappa shape index (κ2) is 6.91. The molecule has 1 N–H and O–H groups in total. The number of non-ortho nitro benzene ring substituents is 1. The topological polar surface area (TPSA) is 81.8 Å². The van der Waals surface area contributed by atoms with Crippen molar-refractivity contribution in [2.24, 2.45) is 0 Å². The van der Waals surface area contributed by atoms with Crippen molar-refractivity contribution in [3.05, 3.63) is 63.7 Å². The number of hydrogen-bond acceptors (Lipinski definition) is 5. The van der Waals surface area contributed by atoms with Crippen LogP contribution in [0.4, 0.5) is 5.69 Å². The lowest BCUT2D eigenvalue weighted by molar-refractivity contribution is -0.385. The van der Waals surface area contributed by atoms with Gasteiger partial charge in [0.15, 0.2) is 11.5 Å². The van der Waals surface area contributed by atoms with E-state index in [9.17, 15) is 15.2 Å². The van der Waals surface area contributed by atoms with E-state index in [0.717, 1.165) is 5.56 Å². The molecule has 0 saturated carbocycles. The van der Waals surface area contributed by atoms with Crippen molar-refractivity contribution in [1.29, 1.82) is 0 Å². The molecule has 2 aromatic rings. The standard InChI is InChI=1S/C16H17NO5/c1-11-6-7-15(16(8-11)21-2)22-10-14(18)12-4-3-5-13(9-12)17(19)20/h3-9,14,18H,10H2,1-2H3. The number of aliphatic hydroxyl groups is 1. The average Bonchev–Trinajstić information content (AvgIpc) is 2.53. The van der Waals surface area contributed by atoms with Gasteiger partial charge in [0.1, 0.15) is 12.7 Å². The molecule has 0 aromatic heterocycles. The van der Waals surface area contributed by atoms with Crippen molar-refractivity contribution in [1.82, 2.24) is 0 Å². The number of hydrogen-bond donors (Lipinski definition) is 1. The highest BCUT2D eigenvalue weighted by Gasteiger charge is 2.14. The number of nitrogens with zero attached hydrogens (tertiary/aromatic N) is 1. The molecular formula is C16H17NO5. The number of aliphatic hydroxyl groups excluding tert-OH is 1. The van der Waals surface area contributed by atoms with Gasteiger partial charge in [-0.1, -0.05) is 18.2 Å². The molecule has 0 saturated heterocycles. The summed E-state index contributed by atoms with van der Waals surface area (Å²) in [5.74, 6) is 1.09. The zero-order valence-electron chi connectivity index (χ0n) is 12.4. The van der Waals surface area contributed by atoms with Gasteiger partial charge in [0.05, 0.1) is 12.0 Å². The highest BCUT2D eigenvalue weighted by molar-refractivity contribution is 5.42. The van der Waals surface area contributed by atoms with Gasteiger partial charge in [-0.05, 0) is 30.2 Å². The van der Waals surface area contributed by atoms with Crippen molar-refractivity contribution in [3.8, 4) is 11.5 Å². The lowest BCUT2D eigenvalue weighted by Gasteiger charge is -2.15. The summed E-state index contributed by atoms with van der Waals surface area (Å²) in [6, 6.07) is 11.3. The summed E-state index contributed by atoms with van der Waals surface area (Å²) in [4.78, 5) is 10.2. The summed E-state index contributed by atoms with van der Waals surface area (Å²) in [7, 11) is 1.54. The molecule has 0 aliphatic heterocycles. The Kier molecular flexibility index (Phi) is 4.95. The Morgan fingerprint density at radius 2 is 2.00 bits per heavy atom. The number of methoxy groups -OCH3 is 1. The Bertz CT molecular complexity index is 671. The largest absolute Gasteiger partial charge is 0.493 e. The highest BCUT2D eigenvalue weighted by Crippen LogP contribution is 2.29. The third-order valence-corrected chi connectivity index (χ3v) is 3.18. The second-order valence-electron chi connectivity index (χ2n) is 4.83. The molecule has 6 heteroatoms. The van der Waals surface area contributed by atoms with E-state index in [4.69, 9.17) is 9.47 Å². The number of rotatable bonds is 6. The van der Waals surface area contributed by atoms with Crippen molar-refractivity contribution < 1.29 is 19.5 Å². The van der Waals surface area contributed by atoms with Gasteiger partial charge in [-0.3, -0.25) is 10.1 Å². The zero-order valence-corrected chi connectivity index (χ0v) is 12.4. The molecule has 0 spiro atoms. The summed E-state index contributed by atoms with van der Waals surface area (Å²) in [6.45, 7) is 1.91. The molecule has 0 aliphatic rings. The molecule has 0 heterocycles. The quantitative estimate of drug-likeness (QED) is 0.655. The molecular weight excluding hydrogens is 286 g/mol. The van der Waals surface area contributed by atoms with Crippen molar-refractivity contribution in [2.45, 2.75) is 13.0 Å². The van der Waals surface area contributed by atoms with Crippen LogP contribution in [0.3, 0.4) is 0 Å². The molecule has 22 heavy (non-hydrogen) atoms. The normalized spacial score (nSPS) is 11.8. The molecule has 1 unspecified atom stereocenters. The van der Waals surface area contributed by atoms with Crippen molar-refractivity contribution in [2.75, 3.05) is 13.7 Å². The molecule has 0 amide bonds. The molecule has 0 aliphatic carbocycles. The molecule has 2 rings (SSSR count). The van der Waals surface area contributed by atoms with Gasteiger partial charge >= 0.3 is 0 Å². The Morgan fingerprint density at radius 3 is 2.68 bits per heavy atom. The summed E-state index contributed by atoms with van der Waals surface area (Å²) >= 11 is 0. The molecule has 0 bridgehead atoms. The lowest BCUT2D eigenvalue weighted by Crippen LogP contribution is -2.10. The van der Waals surface area contributed by atoms with Crippen LogP contribution in [0.15, 0.2) is 42.5 Å². The summed E-state index contributed by atoms with van der Waals surface area (Å²) in [6.07, 6.45) is -0.967. The lowest BCUT2D eigenvalue weighted by atomic mass is 10.1. The third-order valence-electron chi connectivity index (χ3n) is 3.18. The van der Waals surface area contributed by atoms with E-state index >= 15 is 0 Å². The van der Waals surface area contributed by atoms with Gasteiger partial charge in [0, 0.05) is 12.1 Å². The number of nitro benzene ring substituents is 1. The fourth-order valence-electron chi connectivity index (χ4n) is 2.00. The number of nitro groups is 1. The van der Waals surface area contributed by atoms with Crippen LogP contribution in [0.5, 0.6) is 11.5 Å². The first kappa shape index (κ1) is 15.8. The van der Waals surface area contributed by atoms with E-state index in [1.54, 1.807) is 19.2 Å². The summed E-state index contributed by atoms with van der Waals surface area (Å²) in [5, 5.41) is 20.9. The van der Waals surface area contributed by atoms with Crippen LogP contribution < -0.4 is 9.47 Å². The van der Waals surface area contributed by atoms with Crippen LogP contribution in [0.25, 0.3) is 0 Å². The smallest absolute Gasteiger partial charge is 0.269 e. The monoisotopic (exact) mass is 303 g/mol. The number of ether oxygens (including phenoxy) is 2. The Morgan fingerprint density at radius 1 is 1.23 bits per heavy atom. The fraction of sp³-hybridized carbons (Fsp3) is 0.250. The zero-order chi connectivity index (χ0) is 16.1. The first-order valence-electron chi connectivity index (χ1n) is 6.71. The van der Waals surface area contributed by atoms with Gasteiger partial charge in [-0.25, -0.2) is 0 Å². The van der Waals surface area contributed by atoms with E-state index in [-0.39, 0.29) is 12.3 Å². The van der Waals surface area contributed by atoms with E-state index in [2.05, 4.69) is 0 Å². The summed E-state index contributed by atoms with van der Waals surface area (Å²) in [5.41, 5.74) is 1.40. The van der Waals surface area contributed by atoms with Crippen LogP contribution in [0, 0.1) is 17.0 Å². The Hall–Kier alpha value is -2.60. The average molecular weight is 303 g/mol. The maximum absolute atomic E-state index is 10.7. The summed E-state index contributed by atoms with van der Waals surface area (Å²) < 4.78 is 10.8. The van der Waals surface area contributed by atoms with Crippen LogP contribution in [-0.4, -0.2) is 23.7 Å². The van der Waals surface area contributed by atoms with Gasteiger partial charge < -0.3 is 14.6 Å². The van der Waals surface area contributed by atoms with Gasteiger partial charge in [0.25, 0.3) is 5.69 Å². The maximum Gasteiger partial charge on any atom is 0.269 e. The van der Waals surface area contributed by atoms with E-state index in [1.165, 1.54) is 18.2 Å². The molecule has 0 radical (unpaired) electrons. The second-order valence-corrected chi connectivity index (χ2v) is 4.83. The molecule has 0 fully saturated rings. The van der Waals surface area contributed by atoms with E-state index < -0.39 is 11.0 Å². The van der Waals surface area contributed by atoms with Crippen molar-refractivity contribution >= 4 is 5.69 Å². The van der Waals surface area contributed by atoms with Gasteiger partial charge in [-0.2, -0.15) is 0 Å². The Labute approximate surface area is 128 Å². The molecule has 1 atom stereocenters. The SMILES string of the molecule is COc1cc(C)ccc1OCC(O)c1cccc([N+](=O)[O-])c1. The predicted octanol–water partition coefficient (Wildman–Crippen LogP) is 3.02. The number of benzene rings is 2. The van der Waals surface area contributed by atoms with Crippen LogP contribution in [0.1, 0.15) is 17.2 Å². The Balaban J connectivity index is 2.08. The van der Waals surface area contributed by atoms with E-state index in [1.807, 2.05) is 19.1 Å². The van der Waals surface area contributed by atoms with Crippen LogP contribution in [-0.2, 0) is 0 Å². The predicted molar refractivity (Wildman–Crippen MR) is 81.3 cm³/mol. The van der Waals surface area contributed by atoms with Crippen molar-refractivity contribution in [3.63, 3.8) is 0 Å². The number of aryl methyl sites for hydroxylation is 1. The highest BCUT2D eigenvalue weighted by atomic mass is 16.6. The fourth-order valence-corrected chi connectivity index (χ4v) is 2.00. The van der Waals surface area contributed by atoms with Gasteiger partial charge in [-0.15, -0.1) is 0 Å². The maximum atomic E-state index is 10.7. The van der Waals surface area contributed by atoms with E-state index in [0.29, 0.717) is 17.1 Å². The minimum Gasteiger partial charge on any atom is -0.493 e. The molecule has 6 nitrogen and oxygen atoms in total. The molecule has 116 valence electrons. The third kappa shape index (κ3) is 3.73. The first-order valence-corrected chi connectivity index (χ1v) is 6.71. The molecule has 2 aromatic carbocycles. The first-order chi connectivity index (χ1) is 10.5. The minimum absolute atomic E-state index is 0.0272. The minimum atomic E-state index is -0.967. The van der Waals surface area contributed by atoms with Crippen LogP contribution in [0.2, 0.25) is 0 Å². The van der Waals surface area contributed by atoms with Gasteiger partial charge in [0.2, 0.25) is 0 Å².